The number of benzene rings is 1. The van der Waals surface area contributed by atoms with Crippen molar-refractivity contribution in [1.29, 1.82) is 0 Å². The van der Waals surface area contributed by atoms with Gasteiger partial charge in [0, 0.05) is 18.6 Å². The second kappa shape index (κ2) is 7.97. The second-order valence-electron chi connectivity index (χ2n) is 5.92. The number of ether oxygens (including phenoxy) is 3. The predicted molar refractivity (Wildman–Crippen MR) is 87.7 cm³/mol. The molecule has 2 rings (SSSR count). The first kappa shape index (κ1) is 22.6. The SMILES string of the molecule is CC1CC(COC(=O)c2ccc([N+](=O)[O-])cc2)OC(C(F)(F)Cl)(C(F)(F)Cl)O1. The van der Waals surface area contributed by atoms with Crippen molar-refractivity contribution in [3.63, 3.8) is 0 Å². The lowest BCUT2D eigenvalue weighted by Crippen LogP contribution is -2.65. The summed E-state index contributed by atoms with van der Waals surface area (Å²) in [5, 5.41) is 1.18. The molecule has 0 amide bonds. The molecule has 0 bridgehead atoms. The number of alkyl halides is 6. The molecule has 7 nitrogen and oxygen atoms in total. The molecule has 28 heavy (non-hydrogen) atoms. The van der Waals surface area contributed by atoms with Crippen LogP contribution in [0.4, 0.5) is 23.2 Å². The number of carbonyl (C=O) groups excluding carboxylic acids is 1. The summed E-state index contributed by atoms with van der Waals surface area (Å²) in [7, 11) is 0. The van der Waals surface area contributed by atoms with E-state index in [9.17, 15) is 32.5 Å². The van der Waals surface area contributed by atoms with Gasteiger partial charge in [-0.3, -0.25) is 10.1 Å². The van der Waals surface area contributed by atoms with E-state index in [1.165, 1.54) is 6.92 Å². The first-order valence-corrected chi connectivity index (χ1v) is 8.43. The largest absolute Gasteiger partial charge is 0.459 e. The van der Waals surface area contributed by atoms with E-state index < -0.39 is 46.3 Å². The molecule has 1 aromatic rings. The molecule has 2 atom stereocenters. The maximum absolute atomic E-state index is 13.7. The average molecular weight is 450 g/mol. The van der Waals surface area contributed by atoms with Crippen LogP contribution >= 0.6 is 23.2 Å². The number of rotatable bonds is 6. The Hall–Kier alpha value is -1.69. The number of halogens is 6. The molecule has 13 heteroatoms. The third-order valence-electron chi connectivity index (χ3n) is 3.76. The number of nitro groups is 1. The van der Waals surface area contributed by atoms with Gasteiger partial charge in [-0.05, 0) is 42.3 Å². The Morgan fingerprint density at radius 2 is 1.79 bits per heavy atom. The summed E-state index contributed by atoms with van der Waals surface area (Å²) in [4.78, 5) is 21.9. The first-order chi connectivity index (χ1) is 12.8. The molecule has 2 unspecified atom stereocenters. The molecule has 1 fully saturated rings. The molecule has 156 valence electrons. The minimum Gasteiger partial charge on any atom is -0.459 e. The van der Waals surface area contributed by atoms with Crippen LogP contribution in [0.1, 0.15) is 23.7 Å². The lowest BCUT2D eigenvalue weighted by atomic mass is 10.1. The van der Waals surface area contributed by atoms with Crippen molar-refractivity contribution in [3.8, 4) is 0 Å². The second-order valence-corrected chi connectivity index (χ2v) is 6.87. The first-order valence-electron chi connectivity index (χ1n) is 7.67. The summed E-state index contributed by atoms with van der Waals surface area (Å²) < 4.78 is 68.7. The highest BCUT2D eigenvalue weighted by atomic mass is 35.5. The number of hydrogen-bond acceptors (Lipinski definition) is 6. The zero-order chi connectivity index (χ0) is 21.3. The molecule has 1 aliphatic heterocycles. The molecule has 0 radical (unpaired) electrons. The third-order valence-corrected chi connectivity index (χ3v) is 4.25. The molecule has 1 saturated heterocycles. The zero-order valence-corrected chi connectivity index (χ0v) is 15.6. The summed E-state index contributed by atoms with van der Waals surface area (Å²) in [6.45, 7) is 0.527. The topological polar surface area (TPSA) is 87.9 Å². The minimum absolute atomic E-state index is 0.0812. The van der Waals surface area contributed by atoms with E-state index in [-0.39, 0.29) is 17.7 Å². The van der Waals surface area contributed by atoms with Crippen molar-refractivity contribution in [2.24, 2.45) is 0 Å². The van der Waals surface area contributed by atoms with E-state index in [0.717, 1.165) is 24.3 Å². The Morgan fingerprint density at radius 1 is 1.25 bits per heavy atom. The van der Waals surface area contributed by atoms with Gasteiger partial charge in [0.15, 0.2) is 0 Å². The van der Waals surface area contributed by atoms with Gasteiger partial charge >= 0.3 is 22.5 Å². The Kier molecular flexibility index (Phi) is 6.44. The number of nitro benzene ring substituents is 1. The number of esters is 1. The van der Waals surface area contributed by atoms with Crippen molar-refractivity contribution in [3.05, 3.63) is 39.9 Å². The summed E-state index contributed by atoms with van der Waals surface area (Å²) >= 11 is 9.54. The van der Waals surface area contributed by atoms with Crippen molar-refractivity contribution < 1.29 is 41.5 Å². The maximum Gasteiger partial charge on any atom is 0.382 e. The van der Waals surface area contributed by atoms with E-state index in [0.29, 0.717) is 0 Å². The van der Waals surface area contributed by atoms with E-state index >= 15 is 0 Å². The minimum atomic E-state index is -4.70. The van der Waals surface area contributed by atoms with E-state index in [2.05, 4.69) is 9.47 Å². The molecule has 0 aliphatic carbocycles. The summed E-state index contributed by atoms with van der Waals surface area (Å²) in [6.07, 6.45) is -2.78. The molecule has 0 aromatic heterocycles. The Labute approximate surface area is 165 Å². The summed E-state index contributed by atoms with van der Waals surface area (Å²) in [6, 6.07) is 4.32. The van der Waals surface area contributed by atoms with Gasteiger partial charge in [0.25, 0.3) is 5.69 Å². The Bertz CT molecular complexity index is 724. The van der Waals surface area contributed by atoms with Gasteiger partial charge in [0.1, 0.15) is 6.61 Å². The number of non-ortho nitro benzene ring substituents is 1. The van der Waals surface area contributed by atoms with Crippen molar-refractivity contribution >= 4 is 34.9 Å². The fourth-order valence-corrected chi connectivity index (χ4v) is 2.98. The molecule has 1 heterocycles. The molecule has 0 N–H and O–H groups in total. The number of carbonyl (C=O) groups is 1. The Morgan fingerprint density at radius 3 is 2.25 bits per heavy atom. The van der Waals surface area contributed by atoms with E-state index in [1.807, 2.05) is 0 Å². The Balaban J connectivity index is 2.11. The van der Waals surface area contributed by atoms with Gasteiger partial charge in [-0.15, -0.1) is 0 Å². The highest BCUT2D eigenvalue weighted by molar-refractivity contribution is 6.26. The van der Waals surface area contributed by atoms with Crippen LogP contribution in [0, 0.1) is 10.1 Å². The number of nitrogens with zero attached hydrogens (tertiary/aromatic N) is 1. The van der Waals surface area contributed by atoms with Gasteiger partial charge in [0.05, 0.1) is 22.7 Å². The molecule has 1 aliphatic rings. The highest BCUT2D eigenvalue weighted by Crippen LogP contribution is 2.52. The van der Waals surface area contributed by atoms with Crippen LogP contribution in [0.15, 0.2) is 24.3 Å². The maximum atomic E-state index is 13.7. The van der Waals surface area contributed by atoms with Crippen molar-refractivity contribution in [1.82, 2.24) is 0 Å². The normalized spacial score (nSPS) is 22.5. The average Bonchev–Trinajstić information content (AvgIpc) is 2.57. The molecular weight excluding hydrogens is 437 g/mol. The van der Waals surface area contributed by atoms with Crippen LogP contribution in [-0.2, 0) is 14.2 Å². The summed E-state index contributed by atoms with van der Waals surface area (Å²) in [5.41, 5.74) is -0.348. The predicted octanol–water partition coefficient (Wildman–Crippen LogP) is 4.31. The lowest BCUT2D eigenvalue weighted by Gasteiger charge is -2.46. The fourth-order valence-electron chi connectivity index (χ4n) is 2.51. The van der Waals surface area contributed by atoms with Gasteiger partial charge < -0.3 is 14.2 Å². The highest BCUT2D eigenvalue weighted by Gasteiger charge is 2.73. The molecule has 1 aromatic carbocycles. The van der Waals surface area contributed by atoms with Crippen LogP contribution < -0.4 is 0 Å². The standard InChI is InChI=1S/C15H13Cl2F4NO6/c1-8-6-11(28-13(27-8,14(16,18)19)15(17,20)21)7-26-12(23)9-2-4-10(5-3-9)22(24)25/h2-5,8,11H,6-7H2,1H3. The quantitative estimate of drug-likeness (QED) is 0.211. The molecule has 0 spiro atoms. The summed E-state index contributed by atoms with van der Waals surface area (Å²) in [5.74, 6) is -4.94. The lowest BCUT2D eigenvalue weighted by molar-refractivity contribution is -0.416. The van der Waals surface area contributed by atoms with E-state index in [1.54, 1.807) is 0 Å². The smallest absolute Gasteiger partial charge is 0.382 e. The fraction of sp³-hybridized carbons (Fsp3) is 0.533. The van der Waals surface area contributed by atoms with Crippen molar-refractivity contribution in [2.45, 2.75) is 42.1 Å². The van der Waals surface area contributed by atoms with Gasteiger partial charge in [0.2, 0.25) is 0 Å². The van der Waals surface area contributed by atoms with Crippen LogP contribution in [0.2, 0.25) is 0 Å². The monoisotopic (exact) mass is 449 g/mol. The van der Waals surface area contributed by atoms with Gasteiger partial charge in [-0.1, -0.05) is 0 Å². The van der Waals surface area contributed by atoms with Crippen LogP contribution in [0.25, 0.3) is 0 Å². The zero-order valence-electron chi connectivity index (χ0n) is 14.0. The van der Waals surface area contributed by atoms with Gasteiger partial charge in [-0.2, -0.15) is 17.6 Å². The van der Waals surface area contributed by atoms with Crippen LogP contribution in [0.3, 0.4) is 0 Å². The third kappa shape index (κ3) is 4.65. The van der Waals surface area contributed by atoms with Crippen LogP contribution in [0.5, 0.6) is 0 Å². The van der Waals surface area contributed by atoms with Crippen molar-refractivity contribution in [2.75, 3.05) is 6.61 Å². The van der Waals surface area contributed by atoms with Crippen LogP contribution in [-0.4, -0.2) is 46.3 Å². The molecule has 0 saturated carbocycles. The number of hydrogen-bond donors (Lipinski definition) is 0. The van der Waals surface area contributed by atoms with E-state index in [4.69, 9.17) is 27.9 Å². The molecular formula is C15H13Cl2F4NO6. The van der Waals surface area contributed by atoms with Gasteiger partial charge in [-0.25, -0.2) is 4.79 Å².